The van der Waals surface area contributed by atoms with Crippen LogP contribution in [0.5, 0.6) is 0 Å². The molecule has 0 amide bonds. The molecule has 0 spiro atoms. The van der Waals surface area contributed by atoms with E-state index in [0.717, 1.165) is 45.3 Å². The third-order valence-corrected chi connectivity index (χ3v) is 2.70. The topological polar surface area (TPSA) is 67.6 Å². The molecule has 1 N–H and O–H groups in total. The molecule has 2 rings (SSSR count). The summed E-state index contributed by atoms with van der Waals surface area (Å²) in [6.07, 6.45) is 3.42. The van der Waals surface area contributed by atoms with Gasteiger partial charge in [0.2, 0.25) is 0 Å². The second kappa shape index (κ2) is 4.48. The van der Waals surface area contributed by atoms with Crippen LogP contribution in [0.3, 0.4) is 0 Å². The average molecular weight is 213 g/mol. The molecule has 2 saturated heterocycles. The highest BCUT2D eigenvalue weighted by Crippen LogP contribution is 2.16. The van der Waals surface area contributed by atoms with Crippen LogP contribution in [-0.4, -0.2) is 42.2 Å². The van der Waals surface area contributed by atoms with Crippen LogP contribution in [0.2, 0.25) is 0 Å². The largest absolute Gasteiger partial charge is 0.376 e. The third kappa shape index (κ3) is 2.59. The van der Waals surface area contributed by atoms with Gasteiger partial charge in [-0.15, -0.1) is 0 Å². The number of nitrogens with one attached hydrogen (secondary N) is 1. The fourth-order valence-corrected chi connectivity index (χ4v) is 2.00. The fraction of sp³-hybridized carbons (Fsp3) is 0.778. The first-order valence-electron chi connectivity index (χ1n) is 5.21. The number of nitrogens with zero attached hydrogens (tertiary/aromatic N) is 2. The molecule has 0 aromatic heterocycles. The third-order valence-electron chi connectivity index (χ3n) is 2.70. The molecule has 6 heteroatoms. The number of hydrogen-bond acceptors (Lipinski definition) is 5. The van der Waals surface area contributed by atoms with Gasteiger partial charge in [0.15, 0.2) is 5.82 Å². The van der Waals surface area contributed by atoms with Gasteiger partial charge in [0.05, 0.1) is 11.0 Å². The van der Waals surface area contributed by atoms with E-state index in [1.807, 2.05) is 4.90 Å². The zero-order valence-corrected chi connectivity index (χ0v) is 8.52. The lowest BCUT2D eigenvalue weighted by Gasteiger charge is -2.20. The van der Waals surface area contributed by atoms with Gasteiger partial charge in [-0.3, -0.25) is 10.1 Å². The van der Waals surface area contributed by atoms with Gasteiger partial charge in [-0.1, -0.05) is 0 Å². The minimum atomic E-state index is -0.420. The SMILES string of the molecule is O=[N+]([O-])/C=C1\NCCN1CC1CCCO1. The maximum atomic E-state index is 10.4. The van der Waals surface area contributed by atoms with E-state index in [1.54, 1.807) is 0 Å². The first kappa shape index (κ1) is 10.2. The van der Waals surface area contributed by atoms with Crippen LogP contribution in [0, 0.1) is 10.1 Å². The summed E-state index contributed by atoms with van der Waals surface area (Å²) >= 11 is 0. The van der Waals surface area contributed by atoms with Gasteiger partial charge in [0.1, 0.15) is 0 Å². The van der Waals surface area contributed by atoms with Crippen LogP contribution >= 0.6 is 0 Å². The van der Waals surface area contributed by atoms with E-state index in [1.165, 1.54) is 0 Å². The van der Waals surface area contributed by atoms with Gasteiger partial charge >= 0.3 is 0 Å². The lowest BCUT2D eigenvalue weighted by molar-refractivity contribution is -0.404. The van der Waals surface area contributed by atoms with Gasteiger partial charge in [-0.2, -0.15) is 0 Å². The zero-order valence-electron chi connectivity index (χ0n) is 8.52. The maximum Gasteiger partial charge on any atom is 0.274 e. The minimum absolute atomic E-state index is 0.236. The molecule has 0 bridgehead atoms. The summed E-state index contributed by atoms with van der Waals surface area (Å²) in [5.41, 5.74) is 0. The predicted molar refractivity (Wildman–Crippen MR) is 53.6 cm³/mol. The van der Waals surface area contributed by atoms with E-state index in [-0.39, 0.29) is 6.10 Å². The molecule has 2 fully saturated rings. The second-order valence-electron chi connectivity index (χ2n) is 3.81. The first-order chi connectivity index (χ1) is 7.25. The van der Waals surface area contributed by atoms with Crippen molar-refractivity contribution in [1.82, 2.24) is 10.2 Å². The Kier molecular flexibility index (Phi) is 3.05. The lowest BCUT2D eigenvalue weighted by atomic mass is 10.2. The van der Waals surface area contributed by atoms with Gasteiger partial charge in [0.25, 0.3) is 6.20 Å². The maximum absolute atomic E-state index is 10.4. The molecule has 0 saturated carbocycles. The summed E-state index contributed by atoms with van der Waals surface area (Å²) in [4.78, 5) is 11.9. The van der Waals surface area contributed by atoms with Crippen molar-refractivity contribution in [2.24, 2.45) is 0 Å². The highest BCUT2D eigenvalue weighted by atomic mass is 16.6. The molecule has 0 aromatic rings. The molecule has 0 radical (unpaired) electrons. The van der Waals surface area contributed by atoms with E-state index in [0.29, 0.717) is 5.82 Å². The molecule has 0 aliphatic carbocycles. The van der Waals surface area contributed by atoms with Crippen molar-refractivity contribution in [2.75, 3.05) is 26.2 Å². The van der Waals surface area contributed by atoms with Gasteiger partial charge < -0.3 is 15.0 Å². The summed E-state index contributed by atoms with van der Waals surface area (Å²) in [5.74, 6) is 0.607. The van der Waals surface area contributed by atoms with Crippen molar-refractivity contribution >= 4 is 0 Å². The molecule has 2 aliphatic heterocycles. The predicted octanol–water partition coefficient (Wildman–Crippen LogP) is 0.146. The molecule has 6 nitrogen and oxygen atoms in total. The van der Waals surface area contributed by atoms with Gasteiger partial charge in [0, 0.05) is 26.2 Å². The highest BCUT2D eigenvalue weighted by molar-refractivity contribution is 5.01. The number of ether oxygens (including phenoxy) is 1. The van der Waals surface area contributed by atoms with Crippen molar-refractivity contribution in [1.29, 1.82) is 0 Å². The Balaban J connectivity index is 1.92. The Morgan fingerprint density at radius 2 is 2.60 bits per heavy atom. The zero-order chi connectivity index (χ0) is 10.7. The smallest absolute Gasteiger partial charge is 0.274 e. The molecule has 15 heavy (non-hydrogen) atoms. The molecule has 1 unspecified atom stereocenters. The molecule has 2 aliphatic rings. The van der Waals surface area contributed by atoms with Gasteiger partial charge in [-0.05, 0) is 12.8 Å². The van der Waals surface area contributed by atoms with Crippen LogP contribution in [-0.2, 0) is 4.74 Å². The molecular formula is C9H15N3O3. The van der Waals surface area contributed by atoms with Crippen molar-refractivity contribution < 1.29 is 9.66 Å². The normalized spacial score (nSPS) is 28.4. The summed E-state index contributed by atoms with van der Waals surface area (Å²) in [5, 5.41) is 13.4. The van der Waals surface area contributed by atoms with Crippen molar-refractivity contribution in [3.05, 3.63) is 22.1 Å². The van der Waals surface area contributed by atoms with E-state index >= 15 is 0 Å². The van der Waals surface area contributed by atoms with E-state index < -0.39 is 4.92 Å². The van der Waals surface area contributed by atoms with Crippen LogP contribution in [0.1, 0.15) is 12.8 Å². The Hall–Kier alpha value is -1.30. The van der Waals surface area contributed by atoms with Crippen LogP contribution in [0.25, 0.3) is 0 Å². The molecule has 84 valence electrons. The standard InChI is InChI=1S/C9H15N3O3/c13-12(14)7-9-10-3-4-11(9)6-8-2-1-5-15-8/h7-8,10H,1-6H2/b9-7+. The van der Waals surface area contributed by atoms with Gasteiger partial charge in [-0.25, -0.2) is 0 Å². The quantitative estimate of drug-likeness (QED) is 0.533. The summed E-state index contributed by atoms with van der Waals surface area (Å²) in [6.45, 7) is 3.17. The van der Waals surface area contributed by atoms with E-state index in [2.05, 4.69) is 5.32 Å². The Morgan fingerprint density at radius 3 is 3.27 bits per heavy atom. The van der Waals surface area contributed by atoms with Crippen molar-refractivity contribution in [3.63, 3.8) is 0 Å². The van der Waals surface area contributed by atoms with Crippen LogP contribution in [0.15, 0.2) is 12.0 Å². The number of hydrogen-bond donors (Lipinski definition) is 1. The Bertz CT molecular complexity index is 274. The van der Waals surface area contributed by atoms with Crippen LogP contribution < -0.4 is 5.32 Å². The number of nitro groups is 1. The highest BCUT2D eigenvalue weighted by Gasteiger charge is 2.24. The first-order valence-corrected chi connectivity index (χ1v) is 5.21. The van der Waals surface area contributed by atoms with Crippen LogP contribution in [0.4, 0.5) is 0 Å². The minimum Gasteiger partial charge on any atom is -0.376 e. The van der Waals surface area contributed by atoms with Crippen molar-refractivity contribution in [3.8, 4) is 0 Å². The molecule has 2 heterocycles. The van der Waals surface area contributed by atoms with E-state index in [4.69, 9.17) is 4.74 Å². The summed E-state index contributed by atoms with van der Waals surface area (Å²) in [7, 11) is 0. The fourth-order valence-electron chi connectivity index (χ4n) is 2.00. The Morgan fingerprint density at radius 1 is 1.73 bits per heavy atom. The Labute approximate surface area is 88.0 Å². The number of rotatable bonds is 3. The summed E-state index contributed by atoms with van der Waals surface area (Å²) < 4.78 is 5.50. The monoisotopic (exact) mass is 213 g/mol. The molecular weight excluding hydrogens is 198 g/mol. The van der Waals surface area contributed by atoms with E-state index in [9.17, 15) is 10.1 Å². The lowest BCUT2D eigenvalue weighted by Crippen LogP contribution is -2.30. The molecule has 1 atom stereocenters. The second-order valence-corrected chi connectivity index (χ2v) is 3.81. The average Bonchev–Trinajstić information content (AvgIpc) is 2.78. The van der Waals surface area contributed by atoms with Crippen molar-refractivity contribution in [2.45, 2.75) is 18.9 Å². The molecule has 0 aromatic carbocycles. The summed E-state index contributed by atoms with van der Waals surface area (Å²) in [6, 6.07) is 0.